The molecule has 0 aliphatic heterocycles. The molecule has 0 aliphatic rings. The average Bonchev–Trinajstić information content (AvgIpc) is 2.16. The van der Waals surface area contributed by atoms with Gasteiger partial charge in [-0.15, -0.1) is 0 Å². The van der Waals surface area contributed by atoms with Crippen molar-refractivity contribution in [2.24, 2.45) is 5.16 Å². The zero-order chi connectivity index (χ0) is 9.94. The van der Waals surface area contributed by atoms with E-state index in [1.807, 2.05) is 6.92 Å². The smallest absolute Gasteiger partial charge is 0.117 e. The first-order valence-electron chi connectivity index (χ1n) is 4.90. The van der Waals surface area contributed by atoms with Crippen LogP contribution in [0.15, 0.2) is 5.16 Å². The molecular formula is C10H19NOS. The van der Waals surface area contributed by atoms with Gasteiger partial charge in [0.15, 0.2) is 0 Å². The minimum atomic E-state index is 0.731. The molecule has 2 nitrogen and oxygen atoms in total. The summed E-state index contributed by atoms with van der Waals surface area (Å²) in [5, 5.41) is 5.74. The summed E-state index contributed by atoms with van der Waals surface area (Å²) in [5.41, 5.74) is 1.05. The Morgan fingerprint density at radius 2 is 2.15 bits per heavy atom. The highest BCUT2D eigenvalue weighted by Gasteiger charge is 1.89. The molecule has 0 aromatic carbocycles. The standard InChI is InChI=1S/C10H19NOS/c1-3-10(2)11-12-8-6-4-5-7-9-13/h9H,3-8H2,1-2H3/b11-10+. The summed E-state index contributed by atoms with van der Waals surface area (Å²) in [4.78, 5) is 5.12. The van der Waals surface area contributed by atoms with Crippen LogP contribution in [0.5, 0.6) is 0 Å². The van der Waals surface area contributed by atoms with E-state index >= 15 is 0 Å². The fourth-order valence-electron chi connectivity index (χ4n) is 0.791. The lowest BCUT2D eigenvalue weighted by molar-refractivity contribution is 0.139. The molecule has 76 valence electrons. The molecule has 0 heterocycles. The molecule has 0 radical (unpaired) electrons. The second-order valence-corrected chi connectivity index (χ2v) is 3.36. The summed E-state index contributed by atoms with van der Waals surface area (Å²) in [6, 6.07) is 0. The Balaban J connectivity index is 3.12. The molecule has 0 rings (SSSR count). The lowest BCUT2D eigenvalue weighted by Gasteiger charge is -1.99. The fourth-order valence-corrected chi connectivity index (χ4v) is 0.958. The van der Waals surface area contributed by atoms with Crippen molar-refractivity contribution in [2.45, 2.75) is 46.0 Å². The minimum Gasteiger partial charge on any atom is -0.396 e. The van der Waals surface area contributed by atoms with E-state index in [1.54, 1.807) is 5.37 Å². The zero-order valence-electron chi connectivity index (χ0n) is 8.58. The number of thiocarbonyl (C=S) groups is 1. The maximum atomic E-state index is 5.12. The van der Waals surface area contributed by atoms with E-state index in [4.69, 9.17) is 17.1 Å². The van der Waals surface area contributed by atoms with Crippen LogP contribution in [0.2, 0.25) is 0 Å². The molecule has 0 N–H and O–H groups in total. The Kier molecular flexibility index (Phi) is 9.32. The highest BCUT2D eigenvalue weighted by atomic mass is 32.1. The number of unbranched alkanes of at least 4 members (excludes halogenated alkanes) is 3. The molecule has 0 unspecified atom stereocenters. The monoisotopic (exact) mass is 201 g/mol. The number of oxime groups is 1. The Morgan fingerprint density at radius 3 is 2.77 bits per heavy atom. The maximum Gasteiger partial charge on any atom is 0.117 e. The Morgan fingerprint density at radius 1 is 1.38 bits per heavy atom. The Bertz CT molecular complexity index is 157. The van der Waals surface area contributed by atoms with Gasteiger partial charge in [-0.05, 0) is 44.4 Å². The second kappa shape index (κ2) is 9.65. The molecule has 13 heavy (non-hydrogen) atoms. The van der Waals surface area contributed by atoms with Crippen molar-refractivity contribution in [3.05, 3.63) is 0 Å². The summed E-state index contributed by atoms with van der Waals surface area (Å²) in [6.07, 6.45) is 5.42. The molecule has 0 spiro atoms. The number of nitrogens with zero attached hydrogens (tertiary/aromatic N) is 1. The summed E-state index contributed by atoms with van der Waals surface area (Å²) in [6.45, 7) is 4.78. The molecule has 0 atom stereocenters. The summed E-state index contributed by atoms with van der Waals surface area (Å²) >= 11 is 4.72. The third-order valence-electron chi connectivity index (χ3n) is 1.79. The Labute approximate surface area is 86.3 Å². The van der Waals surface area contributed by atoms with Crippen LogP contribution in [0.1, 0.15) is 46.0 Å². The van der Waals surface area contributed by atoms with E-state index in [-0.39, 0.29) is 0 Å². The molecular weight excluding hydrogens is 182 g/mol. The molecule has 0 bridgehead atoms. The Hall–Kier alpha value is -0.440. The summed E-state index contributed by atoms with van der Waals surface area (Å²) < 4.78 is 0. The highest BCUT2D eigenvalue weighted by Crippen LogP contribution is 1.99. The van der Waals surface area contributed by atoms with Crippen molar-refractivity contribution in [1.29, 1.82) is 0 Å². The summed E-state index contributed by atoms with van der Waals surface area (Å²) in [7, 11) is 0. The van der Waals surface area contributed by atoms with Crippen LogP contribution in [-0.2, 0) is 4.84 Å². The van der Waals surface area contributed by atoms with Crippen molar-refractivity contribution in [2.75, 3.05) is 6.61 Å². The van der Waals surface area contributed by atoms with Crippen LogP contribution in [-0.4, -0.2) is 17.7 Å². The highest BCUT2D eigenvalue weighted by molar-refractivity contribution is 7.78. The molecule has 0 saturated heterocycles. The van der Waals surface area contributed by atoms with E-state index in [0.717, 1.165) is 31.6 Å². The van der Waals surface area contributed by atoms with Crippen molar-refractivity contribution < 1.29 is 4.84 Å². The number of hydrogen-bond acceptors (Lipinski definition) is 3. The van der Waals surface area contributed by atoms with Gasteiger partial charge in [0, 0.05) is 0 Å². The number of rotatable bonds is 8. The topological polar surface area (TPSA) is 21.6 Å². The molecule has 0 amide bonds. The maximum absolute atomic E-state index is 5.12. The molecule has 0 fully saturated rings. The minimum absolute atomic E-state index is 0.731. The van der Waals surface area contributed by atoms with Crippen molar-refractivity contribution in [3.63, 3.8) is 0 Å². The second-order valence-electron chi connectivity index (χ2n) is 3.03. The van der Waals surface area contributed by atoms with Gasteiger partial charge >= 0.3 is 0 Å². The first-order chi connectivity index (χ1) is 6.31. The van der Waals surface area contributed by atoms with E-state index in [0.29, 0.717) is 0 Å². The van der Waals surface area contributed by atoms with Gasteiger partial charge in [-0.2, -0.15) is 0 Å². The largest absolute Gasteiger partial charge is 0.396 e. The predicted molar refractivity (Wildman–Crippen MR) is 61.5 cm³/mol. The van der Waals surface area contributed by atoms with Crippen molar-refractivity contribution in [3.8, 4) is 0 Å². The third kappa shape index (κ3) is 9.47. The third-order valence-corrected chi connectivity index (χ3v) is 2.03. The van der Waals surface area contributed by atoms with Crippen LogP contribution in [0.25, 0.3) is 0 Å². The molecule has 3 heteroatoms. The van der Waals surface area contributed by atoms with Gasteiger partial charge in [-0.1, -0.05) is 24.3 Å². The molecule has 0 saturated carbocycles. The quantitative estimate of drug-likeness (QED) is 0.260. The van der Waals surface area contributed by atoms with E-state index in [1.165, 1.54) is 12.8 Å². The van der Waals surface area contributed by atoms with Gasteiger partial charge in [0.2, 0.25) is 0 Å². The van der Waals surface area contributed by atoms with Crippen LogP contribution in [0.4, 0.5) is 0 Å². The van der Waals surface area contributed by atoms with Gasteiger partial charge in [0.1, 0.15) is 6.61 Å². The van der Waals surface area contributed by atoms with Crippen LogP contribution in [0.3, 0.4) is 0 Å². The molecule has 0 aromatic rings. The first-order valence-corrected chi connectivity index (χ1v) is 5.37. The lowest BCUT2D eigenvalue weighted by Crippen LogP contribution is -1.93. The van der Waals surface area contributed by atoms with Gasteiger partial charge in [0.25, 0.3) is 0 Å². The van der Waals surface area contributed by atoms with Crippen LogP contribution in [0, 0.1) is 0 Å². The molecule has 0 aliphatic carbocycles. The van der Waals surface area contributed by atoms with E-state index in [9.17, 15) is 0 Å². The van der Waals surface area contributed by atoms with Crippen molar-refractivity contribution >= 4 is 23.3 Å². The van der Waals surface area contributed by atoms with Gasteiger partial charge in [-0.25, -0.2) is 0 Å². The summed E-state index contributed by atoms with van der Waals surface area (Å²) in [5.74, 6) is 0. The number of hydrogen-bond donors (Lipinski definition) is 0. The fraction of sp³-hybridized carbons (Fsp3) is 0.800. The average molecular weight is 201 g/mol. The van der Waals surface area contributed by atoms with Crippen LogP contribution < -0.4 is 0 Å². The van der Waals surface area contributed by atoms with Gasteiger partial charge < -0.3 is 4.84 Å². The first kappa shape index (κ1) is 12.6. The van der Waals surface area contributed by atoms with Crippen LogP contribution >= 0.6 is 12.2 Å². The molecule has 0 aromatic heterocycles. The normalized spacial score (nSPS) is 11.4. The predicted octanol–water partition coefficient (Wildman–Crippen LogP) is 3.35. The van der Waals surface area contributed by atoms with Gasteiger partial charge in [0.05, 0.1) is 5.71 Å². The van der Waals surface area contributed by atoms with Crippen molar-refractivity contribution in [1.82, 2.24) is 0 Å². The zero-order valence-corrected chi connectivity index (χ0v) is 9.40. The van der Waals surface area contributed by atoms with E-state index < -0.39 is 0 Å². The van der Waals surface area contributed by atoms with Gasteiger partial charge in [-0.3, -0.25) is 0 Å². The van der Waals surface area contributed by atoms with E-state index in [2.05, 4.69) is 12.1 Å². The SMILES string of the molecule is CC/C(C)=N/OCCCCCC=S. The lowest BCUT2D eigenvalue weighted by atomic mass is 10.2.